The van der Waals surface area contributed by atoms with Gasteiger partial charge in [-0.05, 0) is 12.8 Å². The van der Waals surface area contributed by atoms with Gasteiger partial charge in [0, 0.05) is 6.08 Å². The molecule has 0 fully saturated rings. The Morgan fingerprint density at radius 2 is 2.14 bits per heavy atom. The summed E-state index contributed by atoms with van der Waals surface area (Å²) in [5.41, 5.74) is 5.07. The zero-order valence-corrected chi connectivity index (χ0v) is 8.49. The zero-order chi connectivity index (χ0) is 11.0. The van der Waals surface area contributed by atoms with Crippen LogP contribution in [0.4, 0.5) is 0 Å². The quantitative estimate of drug-likeness (QED) is 0.380. The highest BCUT2D eigenvalue weighted by molar-refractivity contribution is 5.86. The summed E-state index contributed by atoms with van der Waals surface area (Å²) in [6.45, 7) is 5.29. The van der Waals surface area contributed by atoms with Crippen LogP contribution in [0.3, 0.4) is 0 Å². The standard InChI is InChI=1S/C10H17NO3/c1-3-5-6-7-8(10(11)13)14-9(12)4-2/h4,8H,2-3,5-7H2,1H3,(H2,11,13). The lowest BCUT2D eigenvalue weighted by Crippen LogP contribution is -2.32. The second-order valence-corrected chi connectivity index (χ2v) is 3.03. The normalized spacial score (nSPS) is 11.8. The Morgan fingerprint density at radius 3 is 2.57 bits per heavy atom. The number of esters is 1. The van der Waals surface area contributed by atoms with Gasteiger partial charge in [-0.2, -0.15) is 0 Å². The number of rotatable bonds is 7. The SMILES string of the molecule is C=CC(=O)OC(CCCCC)C(N)=O. The van der Waals surface area contributed by atoms with Crippen LogP contribution in [0.25, 0.3) is 0 Å². The summed E-state index contributed by atoms with van der Waals surface area (Å²) in [6.07, 6.45) is 3.57. The number of hydrogen-bond acceptors (Lipinski definition) is 3. The van der Waals surface area contributed by atoms with Crippen molar-refractivity contribution in [3.05, 3.63) is 12.7 Å². The summed E-state index contributed by atoms with van der Waals surface area (Å²) in [4.78, 5) is 21.7. The Morgan fingerprint density at radius 1 is 1.50 bits per heavy atom. The summed E-state index contributed by atoms with van der Waals surface area (Å²) < 4.78 is 4.78. The summed E-state index contributed by atoms with van der Waals surface area (Å²) in [7, 11) is 0. The van der Waals surface area contributed by atoms with Gasteiger partial charge in [-0.3, -0.25) is 4.79 Å². The van der Waals surface area contributed by atoms with Gasteiger partial charge in [0.1, 0.15) is 0 Å². The lowest BCUT2D eigenvalue weighted by atomic mass is 10.1. The molecule has 0 bridgehead atoms. The molecule has 0 aromatic heterocycles. The monoisotopic (exact) mass is 199 g/mol. The van der Waals surface area contributed by atoms with Crippen LogP contribution in [0.2, 0.25) is 0 Å². The third-order valence-electron chi connectivity index (χ3n) is 1.81. The molecule has 2 N–H and O–H groups in total. The molecule has 0 heterocycles. The van der Waals surface area contributed by atoms with Crippen molar-refractivity contribution in [2.75, 3.05) is 0 Å². The number of nitrogens with two attached hydrogens (primary N) is 1. The second kappa shape index (κ2) is 7.12. The minimum Gasteiger partial charge on any atom is -0.449 e. The maximum Gasteiger partial charge on any atom is 0.330 e. The third-order valence-corrected chi connectivity index (χ3v) is 1.81. The fourth-order valence-electron chi connectivity index (χ4n) is 1.03. The molecule has 0 aliphatic heterocycles. The van der Waals surface area contributed by atoms with Crippen molar-refractivity contribution in [2.24, 2.45) is 5.73 Å². The van der Waals surface area contributed by atoms with Gasteiger partial charge in [0.2, 0.25) is 0 Å². The predicted octanol–water partition coefficient (Wildman–Crippen LogP) is 1.15. The fourth-order valence-corrected chi connectivity index (χ4v) is 1.03. The van der Waals surface area contributed by atoms with Crippen LogP contribution in [0.15, 0.2) is 12.7 Å². The molecule has 80 valence electrons. The molecule has 4 nitrogen and oxygen atoms in total. The highest BCUT2D eigenvalue weighted by atomic mass is 16.5. The third kappa shape index (κ3) is 5.35. The van der Waals surface area contributed by atoms with Gasteiger partial charge in [0.15, 0.2) is 6.10 Å². The molecule has 0 aliphatic rings. The Labute approximate surface area is 84.1 Å². The van der Waals surface area contributed by atoms with Crippen molar-refractivity contribution >= 4 is 11.9 Å². The number of carbonyl (C=O) groups excluding carboxylic acids is 2. The molecule has 0 radical (unpaired) electrons. The molecule has 0 saturated carbocycles. The van der Waals surface area contributed by atoms with Crippen LogP contribution in [0.5, 0.6) is 0 Å². The van der Waals surface area contributed by atoms with E-state index in [1.54, 1.807) is 0 Å². The Bertz CT molecular complexity index is 213. The number of amides is 1. The number of carbonyl (C=O) groups is 2. The van der Waals surface area contributed by atoms with Gasteiger partial charge in [-0.15, -0.1) is 0 Å². The molecule has 1 unspecified atom stereocenters. The van der Waals surface area contributed by atoms with E-state index in [0.717, 1.165) is 25.3 Å². The van der Waals surface area contributed by atoms with Gasteiger partial charge >= 0.3 is 5.97 Å². The van der Waals surface area contributed by atoms with E-state index in [1.165, 1.54) is 0 Å². The summed E-state index contributed by atoms with van der Waals surface area (Å²) in [6, 6.07) is 0. The van der Waals surface area contributed by atoms with E-state index in [-0.39, 0.29) is 0 Å². The zero-order valence-electron chi connectivity index (χ0n) is 8.49. The van der Waals surface area contributed by atoms with Crippen LogP contribution in [-0.2, 0) is 14.3 Å². The lowest BCUT2D eigenvalue weighted by molar-refractivity contribution is -0.150. The number of ether oxygens (including phenoxy) is 1. The van der Waals surface area contributed by atoms with Crippen LogP contribution < -0.4 is 5.73 Å². The van der Waals surface area contributed by atoms with E-state index in [0.29, 0.717) is 6.42 Å². The molecule has 0 aliphatic carbocycles. The Kier molecular flexibility index (Phi) is 6.45. The van der Waals surface area contributed by atoms with E-state index in [1.807, 2.05) is 0 Å². The molecule has 0 rings (SSSR count). The largest absolute Gasteiger partial charge is 0.449 e. The molecular formula is C10H17NO3. The average Bonchev–Trinajstić information content (AvgIpc) is 2.16. The van der Waals surface area contributed by atoms with Crippen LogP contribution in [0.1, 0.15) is 32.6 Å². The van der Waals surface area contributed by atoms with Crippen LogP contribution in [0, 0.1) is 0 Å². The minimum absolute atomic E-state index is 0.489. The highest BCUT2D eigenvalue weighted by Gasteiger charge is 2.17. The van der Waals surface area contributed by atoms with Crippen molar-refractivity contribution in [3.63, 3.8) is 0 Å². The number of primary amides is 1. The Hall–Kier alpha value is -1.32. The smallest absolute Gasteiger partial charge is 0.330 e. The van der Waals surface area contributed by atoms with Gasteiger partial charge in [0.05, 0.1) is 0 Å². The van der Waals surface area contributed by atoms with Crippen molar-refractivity contribution in [1.29, 1.82) is 0 Å². The molecule has 0 spiro atoms. The van der Waals surface area contributed by atoms with Crippen molar-refractivity contribution in [1.82, 2.24) is 0 Å². The first-order valence-electron chi connectivity index (χ1n) is 4.74. The first-order chi connectivity index (χ1) is 6.61. The van der Waals surface area contributed by atoms with Crippen molar-refractivity contribution in [3.8, 4) is 0 Å². The maximum absolute atomic E-state index is 10.9. The predicted molar refractivity (Wildman–Crippen MR) is 53.4 cm³/mol. The number of hydrogen-bond donors (Lipinski definition) is 1. The first kappa shape index (κ1) is 12.7. The topological polar surface area (TPSA) is 69.4 Å². The highest BCUT2D eigenvalue weighted by Crippen LogP contribution is 2.06. The number of unbranched alkanes of at least 4 members (excludes halogenated alkanes) is 2. The summed E-state index contributed by atoms with van der Waals surface area (Å²) >= 11 is 0. The molecule has 1 atom stereocenters. The lowest BCUT2D eigenvalue weighted by Gasteiger charge is -2.12. The second-order valence-electron chi connectivity index (χ2n) is 3.03. The van der Waals surface area contributed by atoms with Gasteiger partial charge in [-0.25, -0.2) is 4.79 Å². The molecular weight excluding hydrogens is 182 g/mol. The first-order valence-corrected chi connectivity index (χ1v) is 4.74. The molecule has 4 heteroatoms. The fraction of sp³-hybridized carbons (Fsp3) is 0.600. The van der Waals surface area contributed by atoms with Gasteiger partial charge < -0.3 is 10.5 Å². The van der Waals surface area contributed by atoms with Gasteiger partial charge in [0.25, 0.3) is 5.91 Å². The van der Waals surface area contributed by atoms with E-state index in [2.05, 4.69) is 13.5 Å². The van der Waals surface area contributed by atoms with Crippen molar-refractivity contribution in [2.45, 2.75) is 38.7 Å². The summed E-state index contributed by atoms with van der Waals surface area (Å²) in [5, 5.41) is 0. The van der Waals surface area contributed by atoms with E-state index in [4.69, 9.17) is 10.5 Å². The Balaban J connectivity index is 3.96. The molecule has 14 heavy (non-hydrogen) atoms. The average molecular weight is 199 g/mol. The molecule has 0 saturated heterocycles. The van der Waals surface area contributed by atoms with E-state index < -0.39 is 18.0 Å². The summed E-state index contributed by atoms with van der Waals surface area (Å²) in [5.74, 6) is -1.21. The van der Waals surface area contributed by atoms with E-state index >= 15 is 0 Å². The van der Waals surface area contributed by atoms with Gasteiger partial charge in [-0.1, -0.05) is 26.3 Å². The van der Waals surface area contributed by atoms with E-state index in [9.17, 15) is 9.59 Å². The van der Waals surface area contributed by atoms with Crippen LogP contribution >= 0.6 is 0 Å². The maximum atomic E-state index is 10.9. The minimum atomic E-state index is -0.813. The van der Waals surface area contributed by atoms with Crippen molar-refractivity contribution < 1.29 is 14.3 Å². The molecule has 0 aromatic rings. The van der Waals surface area contributed by atoms with Crippen LogP contribution in [-0.4, -0.2) is 18.0 Å². The molecule has 0 aromatic carbocycles. The molecule has 1 amide bonds.